The summed E-state index contributed by atoms with van der Waals surface area (Å²) in [5.74, 6) is 0.659. The molecule has 0 spiro atoms. The zero-order chi connectivity index (χ0) is 18.9. The predicted octanol–water partition coefficient (Wildman–Crippen LogP) is 2.93. The van der Waals surface area contributed by atoms with Gasteiger partial charge in [-0.3, -0.25) is 9.79 Å². The molecular formula is C18H24ClN5OS. The smallest absolute Gasteiger partial charge is 0.251 e. The molecule has 1 heterocycles. The number of rotatable bonds is 7. The highest BCUT2D eigenvalue weighted by Crippen LogP contribution is 2.10. The molecule has 0 atom stereocenters. The molecule has 8 heteroatoms. The zero-order valence-electron chi connectivity index (χ0n) is 15.3. The molecule has 140 valence electrons. The topological polar surface area (TPSA) is 69.6 Å². The molecule has 0 radical (unpaired) electrons. The summed E-state index contributed by atoms with van der Waals surface area (Å²) in [6.45, 7) is 6.43. The summed E-state index contributed by atoms with van der Waals surface area (Å²) < 4.78 is 0. The number of halogens is 1. The number of guanidine groups is 1. The molecule has 0 saturated heterocycles. The van der Waals surface area contributed by atoms with Gasteiger partial charge in [0.15, 0.2) is 5.96 Å². The second-order valence-electron chi connectivity index (χ2n) is 5.71. The predicted molar refractivity (Wildman–Crippen MR) is 108 cm³/mol. The van der Waals surface area contributed by atoms with E-state index in [2.05, 4.69) is 26.0 Å². The van der Waals surface area contributed by atoms with Crippen LogP contribution in [0.15, 0.2) is 34.6 Å². The first-order valence-corrected chi connectivity index (χ1v) is 9.69. The molecule has 26 heavy (non-hydrogen) atoms. The molecule has 0 saturated carbocycles. The van der Waals surface area contributed by atoms with Crippen molar-refractivity contribution in [1.82, 2.24) is 20.5 Å². The highest BCUT2D eigenvalue weighted by atomic mass is 35.5. The minimum Gasteiger partial charge on any atom is -0.357 e. The summed E-state index contributed by atoms with van der Waals surface area (Å²) in [5.41, 5.74) is 1.61. The van der Waals surface area contributed by atoms with Gasteiger partial charge in [-0.05, 0) is 38.1 Å². The first kappa shape index (κ1) is 20.2. The Morgan fingerprint density at radius 2 is 2.04 bits per heavy atom. The summed E-state index contributed by atoms with van der Waals surface area (Å²) in [5, 5.41) is 9.85. The number of carbonyl (C=O) groups excluding carboxylic acids is 1. The fourth-order valence-corrected chi connectivity index (χ4v) is 3.03. The van der Waals surface area contributed by atoms with Crippen LogP contribution in [0.4, 0.5) is 0 Å². The lowest BCUT2D eigenvalue weighted by Crippen LogP contribution is -2.39. The van der Waals surface area contributed by atoms with Gasteiger partial charge in [0.25, 0.3) is 5.91 Å². The molecule has 2 N–H and O–H groups in total. The first-order chi connectivity index (χ1) is 12.5. The zero-order valence-corrected chi connectivity index (χ0v) is 16.8. The number of thiazole rings is 1. The molecule has 1 aromatic carbocycles. The van der Waals surface area contributed by atoms with E-state index >= 15 is 0 Å². The van der Waals surface area contributed by atoms with Crippen molar-refractivity contribution in [2.24, 2.45) is 4.99 Å². The molecule has 0 aliphatic rings. The molecular weight excluding hydrogens is 370 g/mol. The molecule has 1 amide bonds. The first-order valence-electron chi connectivity index (χ1n) is 8.43. The lowest BCUT2D eigenvalue weighted by molar-refractivity contribution is 0.0955. The maximum atomic E-state index is 12.1. The van der Waals surface area contributed by atoms with E-state index in [4.69, 9.17) is 11.6 Å². The number of aliphatic imine (C=N–C) groups is 1. The monoisotopic (exact) mass is 393 g/mol. The fraction of sp³-hybridized carbons (Fsp3) is 0.389. The van der Waals surface area contributed by atoms with Crippen LogP contribution in [-0.2, 0) is 6.54 Å². The normalized spacial score (nSPS) is 11.3. The molecule has 6 nitrogen and oxygen atoms in total. The second kappa shape index (κ2) is 10.1. The van der Waals surface area contributed by atoms with Gasteiger partial charge in [0.1, 0.15) is 0 Å². The summed E-state index contributed by atoms with van der Waals surface area (Å²) in [6.07, 6.45) is 0. The van der Waals surface area contributed by atoms with E-state index in [1.807, 2.05) is 25.8 Å². The van der Waals surface area contributed by atoms with Crippen LogP contribution < -0.4 is 10.6 Å². The van der Waals surface area contributed by atoms with Gasteiger partial charge in [0, 0.05) is 36.1 Å². The Labute approximate surface area is 163 Å². The summed E-state index contributed by atoms with van der Waals surface area (Å²) in [4.78, 5) is 23.1. The summed E-state index contributed by atoms with van der Waals surface area (Å²) in [6, 6.07) is 6.81. The van der Waals surface area contributed by atoms with Crippen molar-refractivity contribution in [3.63, 3.8) is 0 Å². The van der Waals surface area contributed by atoms with Crippen molar-refractivity contribution in [2.45, 2.75) is 20.4 Å². The highest BCUT2D eigenvalue weighted by molar-refractivity contribution is 7.09. The maximum Gasteiger partial charge on any atom is 0.251 e. The number of nitrogens with one attached hydrogen (secondary N) is 2. The van der Waals surface area contributed by atoms with Crippen molar-refractivity contribution in [2.75, 3.05) is 26.7 Å². The Kier molecular flexibility index (Phi) is 7.87. The molecule has 0 unspecified atom stereocenters. The maximum absolute atomic E-state index is 12.1. The molecule has 2 rings (SSSR count). The Hall–Kier alpha value is -2.12. The van der Waals surface area contributed by atoms with Gasteiger partial charge in [-0.2, -0.15) is 0 Å². The van der Waals surface area contributed by atoms with Gasteiger partial charge < -0.3 is 15.5 Å². The van der Waals surface area contributed by atoms with Crippen LogP contribution in [0.3, 0.4) is 0 Å². The molecule has 0 aliphatic heterocycles. The van der Waals surface area contributed by atoms with Gasteiger partial charge in [0.05, 0.1) is 23.8 Å². The minimum absolute atomic E-state index is 0.131. The molecule has 1 aromatic heterocycles. The Morgan fingerprint density at radius 3 is 2.65 bits per heavy atom. The van der Waals surface area contributed by atoms with Gasteiger partial charge in [-0.25, -0.2) is 4.98 Å². The van der Waals surface area contributed by atoms with Gasteiger partial charge >= 0.3 is 0 Å². The van der Waals surface area contributed by atoms with Crippen LogP contribution in [-0.4, -0.2) is 48.4 Å². The van der Waals surface area contributed by atoms with Gasteiger partial charge in [-0.15, -0.1) is 11.3 Å². The number of nitrogens with zero attached hydrogens (tertiary/aromatic N) is 3. The fourth-order valence-electron chi connectivity index (χ4n) is 2.30. The second-order valence-corrected chi connectivity index (χ2v) is 7.21. The van der Waals surface area contributed by atoms with Crippen LogP contribution >= 0.6 is 22.9 Å². The molecule has 0 bridgehead atoms. The lowest BCUT2D eigenvalue weighted by atomic mass is 10.2. The number of amides is 1. The van der Waals surface area contributed by atoms with Crippen molar-refractivity contribution >= 4 is 34.8 Å². The number of benzene rings is 1. The van der Waals surface area contributed by atoms with E-state index in [9.17, 15) is 4.79 Å². The molecule has 0 aliphatic carbocycles. The summed E-state index contributed by atoms with van der Waals surface area (Å²) >= 11 is 7.47. The SMILES string of the molecule is CCNC(=NCCNC(=O)c1ccc(Cl)cc1)N(C)Cc1csc(C)n1. The van der Waals surface area contributed by atoms with E-state index in [1.165, 1.54) is 0 Å². The number of aromatic nitrogens is 1. The van der Waals surface area contributed by atoms with Crippen LogP contribution in [0.2, 0.25) is 5.02 Å². The molecule has 2 aromatic rings. The number of aryl methyl sites for hydroxylation is 1. The lowest BCUT2D eigenvalue weighted by Gasteiger charge is -2.21. The van der Waals surface area contributed by atoms with E-state index in [1.54, 1.807) is 35.6 Å². The number of hydrogen-bond acceptors (Lipinski definition) is 4. The van der Waals surface area contributed by atoms with Crippen molar-refractivity contribution in [1.29, 1.82) is 0 Å². The number of hydrogen-bond donors (Lipinski definition) is 2. The van der Waals surface area contributed by atoms with Crippen molar-refractivity contribution < 1.29 is 4.79 Å². The van der Waals surface area contributed by atoms with E-state index < -0.39 is 0 Å². The van der Waals surface area contributed by atoms with Gasteiger partial charge in [-0.1, -0.05) is 11.6 Å². The van der Waals surface area contributed by atoms with E-state index in [-0.39, 0.29) is 5.91 Å². The van der Waals surface area contributed by atoms with E-state index in [0.29, 0.717) is 30.2 Å². The average Bonchev–Trinajstić information content (AvgIpc) is 3.02. The Bertz CT molecular complexity index is 744. The third-order valence-corrected chi connectivity index (χ3v) is 4.60. The Balaban J connectivity index is 1.85. The van der Waals surface area contributed by atoms with E-state index in [0.717, 1.165) is 23.2 Å². The standard InChI is InChI=1S/C18H24ClN5OS/c1-4-20-18(24(3)11-16-12-26-13(2)23-16)22-10-9-21-17(25)14-5-7-15(19)8-6-14/h5-8,12H,4,9-11H2,1-3H3,(H,20,22)(H,21,25). The molecule has 0 fully saturated rings. The van der Waals surface area contributed by atoms with Crippen LogP contribution in [0.1, 0.15) is 28.0 Å². The quantitative estimate of drug-likeness (QED) is 0.431. The van der Waals surface area contributed by atoms with Crippen LogP contribution in [0, 0.1) is 6.92 Å². The average molecular weight is 394 g/mol. The summed E-state index contributed by atoms with van der Waals surface area (Å²) in [7, 11) is 1.97. The number of carbonyl (C=O) groups is 1. The third-order valence-electron chi connectivity index (χ3n) is 3.53. The van der Waals surface area contributed by atoms with Crippen molar-refractivity contribution in [3.05, 3.63) is 50.9 Å². The van der Waals surface area contributed by atoms with Gasteiger partial charge in [0.2, 0.25) is 0 Å². The largest absolute Gasteiger partial charge is 0.357 e. The Morgan fingerprint density at radius 1 is 1.31 bits per heavy atom. The highest BCUT2D eigenvalue weighted by Gasteiger charge is 2.09. The third kappa shape index (κ3) is 6.31. The van der Waals surface area contributed by atoms with Crippen LogP contribution in [0.25, 0.3) is 0 Å². The minimum atomic E-state index is -0.131. The van der Waals surface area contributed by atoms with Crippen molar-refractivity contribution in [3.8, 4) is 0 Å². The van der Waals surface area contributed by atoms with Crippen LogP contribution in [0.5, 0.6) is 0 Å².